The Morgan fingerprint density at radius 2 is 1.94 bits per heavy atom. The molecule has 0 bridgehead atoms. The van der Waals surface area contributed by atoms with Crippen LogP contribution in [0.25, 0.3) is 11.0 Å². The van der Waals surface area contributed by atoms with E-state index in [1.54, 1.807) is 0 Å². The van der Waals surface area contributed by atoms with E-state index in [1.165, 1.54) is 29.4 Å². The van der Waals surface area contributed by atoms with E-state index < -0.39 is 36.5 Å². The van der Waals surface area contributed by atoms with E-state index in [4.69, 9.17) is 4.74 Å². The van der Waals surface area contributed by atoms with E-state index in [2.05, 4.69) is 20.6 Å². The molecule has 2 fully saturated rings. The van der Waals surface area contributed by atoms with Crippen molar-refractivity contribution in [2.45, 2.75) is 36.9 Å². The molecule has 176 valence electrons. The van der Waals surface area contributed by atoms with Crippen LogP contribution in [0.1, 0.15) is 18.4 Å². The molecule has 1 aromatic heterocycles. The summed E-state index contributed by atoms with van der Waals surface area (Å²) in [7, 11) is 0. The molecule has 2 aliphatic heterocycles. The summed E-state index contributed by atoms with van der Waals surface area (Å²) in [4.78, 5) is 22.4. The van der Waals surface area contributed by atoms with Crippen molar-refractivity contribution in [1.29, 1.82) is 5.26 Å². The smallest absolute Gasteiger partial charge is 0.364 e. The maximum Gasteiger partial charge on any atom is 0.416 e. The van der Waals surface area contributed by atoms with Gasteiger partial charge in [-0.3, -0.25) is 14.8 Å². The third-order valence-electron chi connectivity index (χ3n) is 5.90. The number of nitrogens with zero attached hydrogens (tertiary/aromatic N) is 4. The van der Waals surface area contributed by atoms with Crippen LogP contribution < -0.4 is 15.5 Å². The number of hydrogen-bond donors (Lipinski definition) is 2. The quantitative estimate of drug-likeness (QED) is 0.663. The number of fused-ring (bicyclic) bond motifs is 1. The molecular weight excluding hydrogens is 444 g/mol. The van der Waals surface area contributed by atoms with E-state index in [1.807, 2.05) is 6.07 Å². The SMILES string of the molecule is N#Cc1ccc(N2CC(C(=O)NCC3(F)CCNCC3)OC(C(F)(F)F)C2)c2nccnc12. The summed E-state index contributed by atoms with van der Waals surface area (Å²) in [6, 6.07) is 4.91. The normalized spacial score (nSPS) is 23.2. The lowest BCUT2D eigenvalue weighted by atomic mass is 9.94. The number of rotatable bonds is 4. The van der Waals surface area contributed by atoms with Gasteiger partial charge in [-0.15, -0.1) is 0 Å². The molecule has 2 N–H and O–H groups in total. The number of amides is 1. The maximum absolute atomic E-state index is 14.8. The molecule has 2 aromatic rings. The van der Waals surface area contributed by atoms with Gasteiger partial charge in [0.25, 0.3) is 5.91 Å². The molecule has 0 spiro atoms. The molecule has 33 heavy (non-hydrogen) atoms. The van der Waals surface area contributed by atoms with Crippen LogP contribution in [0, 0.1) is 11.3 Å². The molecule has 2 unspecified atom stereocenters. The number of hydrogen-bond acceptors (Lipinski definition) is 7. The number of carbonyl (C=O) groups is 1. The first-order valence-electron chi connectivity index (χ1n) is 10.5. The molecule has 12 heteroatoms. The largest absolute Gasteiger partial charge is 0.416 e. The topological polar surface area (TPSA) is 103 Å². The zero-order chi connectivity index (χ0) is 23.6. The minimum atomic E-state index is -4.72. The lowest BCUT2D eigenvalue weighted by Gasteiger charge is -2.39. The molecule has 0 saturated carbocycles. The van der Waals surface area contributed by atoms with Crippen LogP contribution in [-0.2, 0) is 9.53 Å². The van der Waals surface area contributed by atoms with Gasteiger partial charge in [-0.1, -0.05) is 0 Å². The molecule has 0 radical (unpaired) electrons. The Kier molecular flexibility index (Phi) is 6.36. The van der Waals surface area contributed by atoms with Crippen LogP contribution in [0.4, 0.5) is 23.2 Å². The monoisotopic (exact) mass is 466 g/mol. The Balaban J connectivity index is 1.59. The highest BCUT2D eigenvalue weighted by atomic mass is 19.4. The number of carbonyl (C=O) groups excluding carboxylic acids is 1. The van der Waals surface area contributed by atoms with Gasteiger partial charge < -0.3 is 20.3 Å². The molecule has 1 aromatic carbocycles. The van der Waals surface area contributed by atoms with E-state index >= 15 is 0 Å². The van der Waals surface area contributed by atoms with Crippen LogP contribution in [0.2, 0.25) is 0 Å². The Morgan fingerprint density at radius 3 is 2.61 bits per heavy atom. The first-order valence-corrected chi connectivity index (χ1v) is 10.5. The highest BCUT2D eigenvalue weighted by Gasteiger charge is 2.48. The zero-order valence-electron chi connectivity index (χ0n) is 17.5. The van der Waals surface area contributed by atoms with Crippen molar-refractivity contribution in [2.75, 3.05) is 37.6 Å². The lowest BCUT2D eigenvalue weighted by molar-refractivity contribution is -0.234. The number of piperidine rings is 1. The number of ether oxygens (including phenoxy) is 1. The van der Waals surface area contributed by atoms with Gasteiger partial charge in [0, 0.05) is 12.4 Å². The van der Waals surface area contributed by atoms with Crippen molar-refractivity contribution in [3.05, 3.63) is 30.1 Å². The summed E-state index contributed by atoms with van der Waals surface area (Å²) in [6.07, 6.45) is -5.27. The average Bonchev–Trinajstić information content (AvgIpc) is 2.81. The van der Waals surface area contributed by atoms with Crippen molar-refractivity contribution in [3.63, 3.8) is 0 Å². The average molecular weight is 466 g/mol. The van der Waals surface area contributed by atoms with Gasteiger partial charge in [0.15, 0.2) is 12.2 Å². The van der Waals surface area contributed by atoms with Crippen molar-refractivity contribution in [1.82, 2.24) is 20.6 Å². The Labute approximate surface area is 186 Å². The third-order valence-corrected chi connectivity index (χ3v) is 5.90. The number of nitrogens with one attached hydrogen (secondary N) is 2. The maximum atomic E-state index is 14.8. The van der Waals surface area contributed by atoms with Crippen molar-refractivity contribution in [3.8, 4) is 6.07 Å². The van der Waals surface area contributed by atoms with E-state index in [9.17, 15) is 27.6 Å². The van der Waals surface area contributed by atoms with Crippen LogP contribution in [0.3, 0.4) is 0 Å². The van der Waals surface area contributed by atoms with Crippen molar-refractivity contribution >= 4 is 22.6 Å². The first kappa shape index (κ1) is 23.1. The summed E-state index contributed by atoms with van der Waals surface area (Å²) >= 11 is 0. The van der Waals surface area contributed by atoms with Gasteiger partial charge in [-0.05, 0) is 38.1 Å². The molecule has 4 rings (SSSR count). The summed E-state index contributed by atoms with van der Waals surface area (Å²) < 4.78 is 60.8. The van der Waals surface area contributed by atoms with Crippen LogP contribution >= 0.6 is 0 Å². The molecule has 1 amide bonds. The fraction of sp³-hybridized carbons (Fsp3) is 0.524. The van der Waals surface area contributed by atoms with E-state index in [-0.39, 0.29) is 42.5 Å². The predicted octanol–water partition coefficient (Wildman–Crippen LogP) is 1.85. The minimum absolute atomic E-state index is 0.198. The molecular formula is C21H22F4N6O2. The number of benzene rings is 1. The van der Waals surface area contributed by atoms with Crippen molar-refractivity contribution in [2.24, 2.45) is 0 Å². The van der Waals surface area contributed by atoms with Gasteiger partial charge in [0.2, 0.25) is 0 Å². The number of anilines is 1. The molecule has 2 aliphatic rings. The standard InChI is InChI=1S/C21H22F4N6O2/c22-20(3-5-27-6-4-20)12-30-19(32)15-10-31(11-16(33-15)21(23,24)25)14-2-1-13(9-26)17-18(14)29-8-7-28-17/h1-2,7-8,15-16,27H,3-6,10-12H2,(H,30,32). The van der Waals surface area contributed by atoms with Gasteiger partial charge in [0.05, 0.1) is 30.9 Å². The molecule has 2 saturated heterocycles. The summed E-state index contributed by atoms with van der Waals surface area (Å²) in [5.74, 6) is -0.812. The summed E-state index contributed by atoms with van der Waals surface area (Å²) in [5, 5.41) is 14.8. The lowest BCUT2D eigenvalue weighted by Crippen LogP contribution is -2.58. The summed E-state index contributed by atoms with van der Waals surface area (Å²) in [6.45, 7) is -0.137. The fourth-order valence-electron chi connectivity index (χ4n) is 4.08. The molecule has 0 aliphatic carbocycles. The Morgan fingerprint density at radius 1 is 1.24 bits per heavy atom. The van der Waals surface area contributed by atoms with E-state index in [0.717, 1.165) is 0 Å². The number of nitriles is 1. The predicted molar refractivity (Wildman–Crippen MR) is 110 cm³/mol. The molecule has 3 heterocycles. The van der Waals surface area contributed by atoms with Gasteiger partial charge >= 0.3 is 6.18 Å². The highest BCUT2D eigenvalue weighted by molar-refractivity contribution is 5.92. The van der Waals surface area contributed by atoms with Crippen LogP contribution in [0.5, 0.6) is 0 Å². The second-order valence-corrected chi connectivity index (χ2v) is 8.18. The van der Waals surface area contributed by atoms with Gasteiger partial charge in [0.1, 0.15) is 22.8 Å². The highest BCUT2D eigenvalue weighted by Crippen LogP contribution is 2.33. The Bertz CT molecular complexity index is 1070. The van der Waals surface area contributed by atoms with Crippen molar-refractivity contribution < 1.29 is 27.1 Å². The number of aromatic nitrogens is 2. The fourth-order valence-corrected chi connectivity index (χ4v) is 4.08. The van der Waals surface area contributed by atoms with Gasteiger partial charge in [-0.25, -0.2) is 4.39 Å². The summed E-state index contributed by atoms with van der Waals surface area (Å²) in [5.41, 5.74) is -0.591. The number of morpholine rings is 1. The van der Waals surface area contributed by atoms with Gasteiger partial charge in [-0.2, -0.15) is 18.4 Å². The van der Waals surface area contributed by atoms with E-state index in [0.29, 0.717) is 18.8 Å². The zero-order valence-corrected chi connectivity index (χ0v) is 17.5. The third kappa shape index (κ3) is 4.99. The number of alkyl halides is 4. The first-order chi connectivity index (χ1) is 15.7. The van der Waals surface area contributed by atoms with Crippen LogP contribution in [-0.4, -0.2) is 72.7 Å². The molecule has 2 atom stereocenters. The molecule has 8 nitrogen and oxygen atoms in total. The van der Waals surface area contributed by atoms with Crippen LogP contribution in [0.15, 0.2) is 24.5 Å². The Hall–Kier alpha value is -3.04. The second-order valence-electron chi connectivity index (χ2n) is 8.18. The number of halogens is 4. The second kappa shape index (κ2) is 9.07. The minimum Gasteiger partial charge on any atom is -0.364 e.